The number of carbonyl (C=O) groups excluding carboxylic acids is 1. The van der Waals surface area contributed by atoms with Gasteiger partial charge in [0, 0.05) is 37.5 Å². The summed E-state index contributed by atoms with van der Waals surface area (Å²) in [4.78, 5) is 15.2. The molecule has 1 N–H and O–H groups in total. The fourth-order valence-electron chi connectivity index (χ4n) is 2.12. The summed E-state index contributed by atoms with van der Waals surface area (Å²) in [5.74, 6) is 0.283. The van der Waals surface area contributed by atoms with Crippen molar-refractivity contribution in [3.63, 3.8) is 0 Å². The van der Waals surface area contributed by atoms with E-state index in [1.54, 1.807) is 11.8 Å². The average Bonchev–Trinajstić information content (AvgIpc) is 2.46. The maximum Gasteiger partial charge on any atom is 0.222 e. The zero-order chi connectivity index (χ0) is 12.8. The highest BCUT2D eigenvalue weighted by Gasteiger charge is 2.15. The van der Waals surface area contributed by atoms with Crippen LogP contribution in [0.3, 0.4) is 0 Å². The minimum atomic E-state index is 0.283. The lowest BCUT2D eigenvalue weighted by molar-refractivity contribution is -0.131. The lowest BCUT2D eigenvalue weighted by Gasteiger charge is -2.27. The van der Waals surface area contributed by atoms with Gasteiger partial charge >= 0.3 is 0 Å². The van der Waals surface area contributed by atoms with Gasteiger partial charge in [0.25, 0.3) is 0 Å². The number of rotatable bonds is 4. The molecule has 98 valence electrons. The molecule has 18 heavy (non-hydrogen) atoms. The van der Waals surface area contributed by atoms with E-state index < -0.39 is 0 Å². The van der Waals surface area contributed by atoms with E-state index in [1.807, 2.05) is 4.90 Å². The van der Waals surface area contributed by atoms with Gasteiger partial charge in [-0.25, -0.2) is 0 Å². The molecule has 1 amide bonds. The van der Waals surface area contributed by atoms with Crippen LogP contribution >= 0.6 is 11.8 Å². The molecule has 0 aromatic heterocycles. The van der Waals surface area contributed by atoms with Gasteiger partial charge in [-0.15, -0.1) is 11.8 Å². The predicted octanol–water partition coefficient (Wildman–Crippen LogP) is 1.77. The summed E-state index contributed by atoms with van der Waals surface area (Å²) in [7, 11) is 0. The van der Waals surface area contributed by atoms with Crippen molar-refractivity contribution in [1.82, 2.24) is 10.2 Å². The highest BCUT2D eigenvalue weighted by Crippen LogP contribution is 2.15. The van der Waals surface area contributed by atoms with Crippen LogP contribution in [-0.4, -0.2) is 43.2 Å². The van der Waals surface area contributed by atoms with Crippen LogP contribution in [0.1, 0.15) is 12.0 Å². The van der Waals surface area contributed by atoms with Gasteiger partial charge in [0.15, 0.2) is 0 Å². The molecule has 1 aliphatic rings. The molecule has 3 nitrogen and oxygen atoms in total. The smallest absolute Gasteiger partial charge is 0.222 e. The molecule has 1 aliphatic heterocycles. The molecule has 1 fully saturated rings. The zero-order valence-electron chi connectivity index (χ0n) is 10.8. The van der Waals surface area contributed by atoms with Gasteiger partial charge in [-0.05, 0) is 30.4 Å². The molecular weight excluding hydrogens is 244 g/mol. The Bertz CT molecular complexity index is 385. The number of nitrogens with one attached hydrogen (secondary N) is 1. The Labute approximate surface area is 113 Å². The summed E-state index contributed by atoms with van der Waals surface area (Å²) < 4.78 is 0. The summed E-state index contributed by atoms with van der Waals surface area (Å²) in [5, 5.41) is 3.26. The molecule has 1 aromatic carbocycles. The van der Waals surface area contributed by atoms with Gasteiger partial charge in [0.2, 0.25) is 5.91 Å². The maximum atomic E-state index is 12.0. The SMILES string of the molecule is CSc1ccc(CCC(=O)N2CCNCC2)cc1. The molecule has 2 rings (SSSR count). The highest BCUT2D eigenvalue weighted by atomic mass is 32.2. The van der Waals surface area contributed by atoms with E-state index in [0.717, 1.165) is 32.6 Å². The van der Waals surface area contributed by atoms with Crippen molar-refractivity contribution in [3.8, 4) is 0 Å². The molecule has 0 spiro atoms. The molecule has 1 saturated heterocycles. The predicted molar refractivity (Wildman–Crippen MR) is 76.0 cm³/mol. The van der Waals surface area contributed by atoms with Crippen LogP contribution in [0.4, 0.5) is 0 Å². The van der Waals surface area contributed by atoms with E-state index in [2.05, 4.69) is 35.8 Å². The minimum Gasteiger partial charge on any atom is -0.340 e. The molecule has 1 heterocycles. The topological polar surface area (TPSA) is 32.3 Å². The van der Waals surface area contributed by atoms with Gasteiger partial charge in [-0.1, -0.05) is 12.1 Å². The third-order valence-electron chi connectivity index (χ3n) is 3.26. The Balaban J connectivity index is 1.80. The average molecular weight is 264 g/mol. The first-order valence-corrected chi connectivity index (χ1v) is 7.63. The summed E-state index contributed by atoms with van der Waals surface area (Å²) in [6, 6.07) is 8.48. The van der Waals surface area contributed by atoms with Crippen LogP contribution in [0.15, 0.2) is 29.2 Å². The second-order valence-corrected chi connectivity index (χ2v) is 5.36. The molecule has 0 bridgehead atoms. The van der Waals surface area contributed by atoms with Gasteiger partial charge in [0.05, 0.1) is 0 Å². The van der Waals surface area contributed by atoms with Crippen LogP contribution < -0.4 is 5.32 Å². The zero-order valence-corrected chi connectivity index (χ0v) is 11.6. The van der Waals surface area contributed by atoms with Crippen molar-refractivity contribution in [2.45, 2.75) is 17.7 Å². The van der Waals surface area contributed by atoms with E-state index >= 15 is 0 Å². The van der Waals surface area contributed by atoms with Crippen LogP contribution in [0.2, 0.25) is 0 Å². The Hall–Kier alpha value is -1.00. The number of thioether (sulfide) groups is 1. The third kappa shape index (κ3) is 3.75. The molecule has 0 radical (unpaired) electrons. The van der Waals surface area contributed by atoms with Crippen molar-refractivity contribution < 1.29 is 4.79 Å². The van der Waals surface area contributed by atoms with Crippen molar-refractivity contribution in [1.29, 1.82) is 0 Å². The fourth-order valence-corrected chi connectivity index (χ4v) is 2.52. The number of hydrogen-bond acceptors (Lipinski definition) is 3. The van der Waals surface area contributed by atoms with E-state index in [9.17, 15) is 4.79 Å². The van der Waals surface area contributed by atoms with Gasteiger partial charge in [0.1, 0.15) is 0 Å². The quantitative estimate of drug-likeness (QED) is 0.841. The number of nitrogens with zero attached hydrogens (tertiary/aromatic N) is 1. The Morgan fingerprint density at radius 1 is 1.28 bits per heavy atom. The number of hydrogen-bond donors (Lipinski definition) is 1. The van der Waals surface area contributed by atoms with E-state index in [-0.39, 0.29) is 5.91 Å². The number of piperazine rings is 1. The summed E-state index contributed by atoms with van der Waals surface area (Å²) >= 11 is 1.74. The Morgan fingerprint density at radius 2 is 1.94 bits per heavy atom. The lowest BCUT2D eigenvalue weighted by atomic mass is 10.1. The molecule has 1 aromatic rings. The maximum absolute atomic E-state index is 12.0. The first kappa shape index (κ1) is 13.4. The van der Waals surface area contributed by atoms with E-state index in [0.29, 0.717) is 6.42 Å². The summed E-state index contributed by atoms with van der Waals surface area (Å²) in [5.41, 5.74) is 1.25. The molecular formula is C14H20N2OS. The van der Waals surface area contributed by atoms with Crippen molar-refractivity contribution in [2.24, 2.45) is 0 Å². The Kier molecular flexibility index (Phi) is 5.08. The molecule has 4 heteroatoms. The third-order valence-corrected chi connectivity index (χ3v) is 4.00. The highest BCUT2D eigenvalue weighted by molar-refractivity contribution is 7.98. The number of amides is 1. The van der Waals surface area contributed by atoms with E-state index in [1.165, 1.54) is 10.5 Å². The standard InChI is InChI=1S/C14H20N2OS/c1-18-13-5-2-12(3-6-13)4-7-14(17)16-10-8-15-9-11-16/h2-3,5-6,15H,4,7-11H2,1H3. The minimum absolute atomic E-state index is 0.283. The largest absolute Gasteiger partial charge is 0.340 e. The van der Waals surface area contributed by atoms with E-state index in [4.69, 9.17) is 0 Å². The molecule has 0 aliphatic carbocycles. The molecule has 0 atom stereocenters. The van der Waals surface area contributed by atoms with Crippen molar-refractivity contribution >= 4 is 17.7 Å². The molecule has 0 unspecified atom stereocenters. The van der Waals surface area contributed by atoms with Crippen molar-refractivity contribution in [2.75, 3.05) is 32.4 Å². The van der Waals surface area contributed by atoms with Crippen LogP contribution in [-0.2, 0) is 11.2 Å². The van der Waals surface area contributed by atoms with Gasteiger partial charge in [-0.2, -0.15) is 0 Å². The monoisotopic (exact) mass is 264 g/mol. The second kappa shape index (κ2) is 6.81. The first-order valence-electron chi connectivity index (χ1n) is 6.41. The van der Waals surface area contributed by atoms with Crippen molar-refractivity contribution in [3.05, 3.63) is 29.8 Å². The number of carbonyl (C=O) groups is 1. The number of aryl methyl sites for hydroxylation is 1. The van der Waals surface area contributed by atoms with Gasteiger partial charge in [-0.3, -0.25) is 4.79 Å². The molecule has 0 saturated carbocycles. The van der Waals surface area contributed by atoms with Crippen LogP contribution in [0.5, 0.6) is 0 Å². The van der Waals surface area contributed by atoms with Crippen LogP contribution in [0.25, 0.3) is 0 Å². The fraction of sp³-hybridized carbons (Fsp3) is 0.500. The van der Waals surface area contributed by atoms with Gasteiger partial charge < -0.3 is 10.2 Å². The lowest BCUT2D eigenvalue weighted by Crippen LogP contribution is -2.46. The van der Waals surface area contributed by atoms with Crippen LogP contribution in [0, 0.1) is 0 Å². The number of benzene rings is 1. The normalized spacial score (nSPS) is 15.7. The second-order valence-electron chi connectivity index (χ2n) is 4.48. The summed E-state index contributed by atoms with van der Waals surface area (Å²) in [6.07, 6.45) is 3.54. The first-order chi connectivity index (χ1) is 8.79. The Morgan fingerprint density at radius 3 is 2.56 bits per heavy atom. The summed E-state index contributed by atoms with van der Waals surface area (Å²) in [6.45, 7) is 3.55.